The van der Waals surface area contributed by atoms with E-state index in [0.717, 1.165) is 44.6 Å². The van der Waals surface area contributed by atoms with Crippen molar-refractivity contribution in [1.29, 1.82) is 0 Å². The van der Waals surface area contributed by atoms with Crippen molar-refractivity contribution >= 4 is 42.4 Å². The Bertz CT molecular complexity index is 2490. The third-order valence-corrected chi connectivity index (χ3v) is 9.73. The number of fused-ring (bicyclic) bond motifs is 5. The molecule has 0 N–H and O–H groups in total. The Labute approximate surface area is 275 Å². The van der Waals surface area contributed by atoms with Crippen LogP contribution < -0.4 is 0 Å². The Morgan fingerprint density at radius 2 is 0.851 bits per heavy atom. The van der Waals surface area contributed by atoms with E-state index in [9.17, 15) is 0 Å². The van der Waals surface area contributed by atoms with E-state index in [0.29, 0.717) is 17.5 Å². The predicted molar refractivity (Wildman–Crippen MR) is 195 cm³/mol. The SMILES string of the molecule is c1ccc(-c2nc(-c3ccccc3)nc(-c3ccc(-c4ccc5nc(-c6ccccc6)c6c7ccccc7sc6c5c4)cc3)n2)cc1. The molecule has 4 nitrogen and oxygen atoms in total. The normalized spacial score (nSPS) is 11.4. The highest BCUT2D eigenvalue weighted by molar-refractivity contribution is 7.26. The second kappa shape index (κ2) is 11.4. The van der Waals surface area contributed by atoms with E-state index in [1.807, 2.05) is 72.0 Å². The van der Waals surface area contributed by atoms with Gasteiger partial charge in [-0.05, 0) is 29.3 Å². The largest absolute Gasteiger partial charge is 0.247 e. The lowest BCUT2D eigenvalue weighted by atomic mass is 9.99. The summed E-state index contributed by atoms with van der Waals surface area (Å²) in [6.07, 6.45) is 0. The van der Waals surface area contributed by atoms with Crippen LogP contribution >= 0.6 is 11.3 Å². The van der Waals surface area contributed by atoms with E-state index in [4.69, 9.17) is 19.9 Å². The van der Waals surface area contributed by atoms with Gasteiger partial charge < -0.3 is 0 Å². The molecule has 0 atom stereocenters. The monoisotopic (exact) mass is 618 g/mol. The zero-order valence-corrected chi connectivity index (χ0v) is 26.0. The summed E-state index contributed by atoms with van der Waals surface area (Å²) in [7, 11) is 0. The lowest BCUT2D eigenvalue weighted by Gasteiger charge is -2.10. The van der Waals surface area contributed by atoms with Crippen LogP contribution in [0, 0.1) is 0 Å². The average molecular weight is 619 g/mol. The van der Waals surface area contributed by atoms with Crippen molar-refractivity contribution in [2.45, 2.75) is 0 Å². The van der Waals surface area contributed by atoms with Gasteiger partial charge in [-0.3, -0.25) is 0 Å². The van der Waals surface area contributed by atoms with Crippen LogP contribution in [0.1, 0.15) is 0 Å². The summed E-state index contributed by atoms with van der Waals surface area (Å²) in [6, 6.07) is 54.4. The van der Waals surface area contributed by atoms with Crippen LogP contribution in [0.3, 0.4) is 0 Å². The molecule has 0 aliphatic heterocycles. The maximum atomic E-state index is 5.24. The topological polar surface area (TPSA) is 51.6 Å². The summed E-state index contributed by atoms with van der Waals surface area (Å²) in [5, 5.41) is 3.63. The van der Waals surface area contributed by atoms with Gasteiger partial charge in [0, 0.05) is 47.8 Å². The van der Waals surface area contributed by atoms with Gasteiger partial charge in [-0.2, -0.15) is 0 Å². The fraction of sp³-hybridized carbons (Fsp3) is 0. The molecule has 0 amide bonds. The highest BCUT2D eigenvalue weighted by Crippen LogP contribution is 2.43. The molecule has 9 aromatic rings. The molecule has 47 heavy (non-hydrogen) atoms. The molecule has 3 aromatic heterocycles. The Morgan fingerprint density at radius 3 is 1.47 bits per heavy atom. The highest BCUT2D eigenvalue weighted by Gasteiger charge is 2.17. The lowest BCUT2D eigenvalue weighted by molar-refractivity contribution is 1.07. The quantitative estimate of drug-likeness (QED) is 0.193. The lowest BCUT2D eigenvalue weighted by Crippen LogP contribution is -2.00. The number of thiophene rings is 1. The summed E-state index contributed by atoms with van der Waals surface area (Å²) in [5.74, 6) is 1.96. The zero-order valence-electron chi connectivity index (χ0n) is 25.2. The first-order valence-corrected chi connectivity index (χ1v) is 16.4. The zero-order chi connectivity index (χ0) is 31.2. The molecule has 3 heterocycles. The highest BCUT2D eigenvalue weighted by atomic mass is 32.1. The Hall–Kier alpha value is -6.04. The molecule has 5 heteroatoms. The van der Waals surface area contributed by atoms with Crippen molar-refractivity contribution in [1.82, 2.24) is 19.9 Å². The van der Waals surface area contributed by atoms with Crippen LogP contribution in [0.15, 0.2) is 158 Å². The van der Waals surface area contributed by atoms with E-state index in [-0.39, 0.29) is 0 Å². The van der Waals surface area contributed by atoms with E-state index in [1.54, 1.807) is 0 Å². The molecule has 0 fully saturated rings. The van der Waals surface area contributed by atoms with E-state index in [2.05, 4.69) is 97.1 Å². The molecular weight excluding hydrogens is 593 g/mol. The fourth-order valence-corrected chi connectivity index (χ4v) is 7.42. The first-order valence-electron chi connectivity index (χ1n) is 15.6. The van der Waals surface area contributed by atoms with Crippen LogP contribution in [-0.4, -0.2) is 19.9 Å². The molecule has 0 unspecified atom stereocenters. The van der Waals surface area contributed by atoms with Crippen LogP contribution in [0.5, 0.6) is 0 Å². The first-order chi connectivity index (χ1) is 23.3. The predicted octanol–water partition coefficient (Wildman–Crippen LogP) is 11.1. The van der Waals surface area contributed by atoms with Crippen molar-refractivity contribution in [3.8, 4) is 56.5 Å². The molecule has 0 saturated carbocycles. The molecule has 0 radical (unpaired) electrons. The van der Waals surface area contributed by atoms with Gasteiger partial charge in [-0.15, -0.1) is 11.3 Å². The van der Waals surface area contributed by atoms with Gasteiger partial charge in [0.05, 0.1) is 11.2 Å². The summed E-state index contributed by atoms with van der Waals surface area (Å²) in [6.45, 7) is 0. The number of benzene rings is 6. The Morgan fingerprint density at radius 1 is 0.362 bits per heavy atom. The number of nitrogens with zero attached hydrogens (tertiary/aromatic N) is 4. The Kier molecular flexibility index (Phi) is 6.61. The summed E-state index contributed by atoms with van der Waals surface area (Å²) >= 11 is 1.84. The molecule has 0 aliphatic carbocycles. The molecule has 0 saturated heterocycles. The van der Waals surface area contributed by atoms with Crippen LogP contribution in [0.25, 0.3) is 87.6 Å². The summed E-state index contributed by atoms with van der Waals surface area (Å²) in [5.41, 5.74) is 8.27. The van der Waals surface area contributed by atoms with Gasteiger partial charge in [0.15, 0.2) is 17.5 Å². The molecule has 0 bridgehead atoms. The van der Waals surface area contributed by atoms with Crippen molar-refractivity contribution < 1.29 is 0 Å². The Balaban J connectivity index is 1.15. The first kappa shape index (κ1) is 27.3. The third kappa shape index (κ3) is 4.94. The van der Waals surface area contributed by atoms with Gasteiger partial charge >= 0.3 is 0 Å². The standard InChI is InChI=1S/C42H26N4S/c1-4-12-28(13-5-1)38-37-33-18-10-11-19-36(33)47-39(37)34-26-32(24-25-35(34)43-38)27-20-22-31(23-21-27)42-45-40(29-14-6-2-7-15-29)44-41(46-42)30-16-8-3-9-17-30/h1-26H. The van der Waals surface area contributed by atoms with Crippen LogP contribution in [0.4, 0.5) is 0 Å². The van der Waals surface area contributed by atoms with Gasteiger partial charge in [-0.25, -0.2) is 19.9 Å². The van der Waals surface area contributed by atoms with Crippen molar-refractivity contribution in [2.75, 3.05) is 0 Å². The minimum atomic E-state index is 0.646. The second-order valence-corrected chi connectivity index (χ2v) is 12.5. The van der Waals surface area contributed by atoms with Gasteiger partial charge in [-0.1, -0.05) is 140 Å². The van der Waals surface area contributed by atoms with E-state index in [1.165, 1.54) is 25.6 Å². The maximum Gasteiger partial charge on any atom is 0.164 e. The number of pyridine rings is 1. The molecule has 9 rings (SSSR count). The van der Waals surface area contributed by atoms with Gasteiger partial charge in [0.1, 0.15) is 0 Å². The number of hydrogen-bond acceptors (Lipinski definition) is 5. The van der Waals surface area contributed by atoms with Crippen molar-refractivity contribution in [3.05, 3.63) is 158 Å². The fourth-order valence-electron chi connectivity index (χ4n) is 6.20. The molecule has 0 spiro atoms. The summed E-state index contributed by atoms with van der Waals surface area (Å²) < 4.78 is 2.53. The second-order valence-electron chi connectivity index (χ2n) is 11.5. The molecular formula is C42H26N4S. The van der Waals surface area contributed by atoms with E-state index >= 15 is 0 Å². The van der Waals surface area contributed by atoms with Crippen LogP contribution in [-0.2, 0) is 0 Å². The van der Waals surface area contributed by atoms with Gasteiger partial charge in [0.2, 0.25) is 0 Å². The average Bonchev–Trinajstić information content (AvgIpc) is 3.55. The van der Waals surface area contributed by atoms with Crippen molar-refractivity contribution in [2.24, 2.45) is 0 Å². The van der Waals surface area contributed by atoms with Crippen molar-refractivity contribution in [3.63, 3.8) is 0 Å². The number of rotatable bonds is 5. The third-order valence-electron chi connectivity index (χ3n) is 8.53. The molecule has 220 valence electrons. The van der Waals surface area contributed by atoms with Gasteiger partial charge in [0.25, 0.3) is 0 Å². The number of hydrogen-bond donors (Lipinski definition) is 0. The minimum Gasteiger partial charge on any atom is -0.247 e. The molecule has 0 aliphatic rings. The smallest absolute Gasteiger partial charge is 0.164 e. The summed E-state index contributed by atoms with van der Waals surface area (Å²) in [4.78, 5) is 19.9. The van der Waals surface area contributed by atoms with Crippen LogP contribution in [0.2, 0.25) is 0 Å². The number of aromatic nitrogens is 4. The maximum absolute atomic E-state index is 5.24. The minimum absolute atomic E-state index is 0.646. The molecule has 6 aromatic carbocycles. The van der Waals surface area contributed by atoms with E-state index < -0.39 is 0 Å².